The molecule has 1 heterocycles. The van der Waals surface area contributed by atoms with E-state index in [9.17, 15) is 8.78 Å². The van der Waals surface area contributed by atoms with E-state index in [2.05, 4.69) is 10.3 Å². The summed E-state index contributed by atoms with van der Waals surface area (Å²) in [5.41, 5.74) is 0. The van der Waals surface area contributed by atoms with Crippen LogP contribution >= 0.6 is 0 Å². The van der Waals surface area contributed by atoms with Crippen LogP contribution in [0.4, 0.5) is 14.6 Å². The number of rotatable bonds is 3. The van der Waals surface area contributed by atoms with Gasteiger partial charge < -0.3 is 5.32 Å². The highest BCUT2D eigenvalue weighted by Crippen LogP contribution is 2.26. The minimum atomic E-state index is -0.455. The van der Waals surface area contributed by atoms with Gasteiger partial charge in [-0.1, -0.05) is 6.92 Å². The van der Waals surface area contributed by atoms with Crippen molar-refractivity contribution in [2.45, 2.75) is 13.3 Å². The van der Waals surface area contributed by atoms with Crippen LogP contribution in [-0.2, 0) is 0 Å². The molecule has 2 nitrogen and oxygen atoms in total. The predicted octanol–water partition coefficient (Wildman–Crippen LogP) is 3.33. The van der Waals surface area contributed by atoms with E-state index in [1.165, 1.54) is 12.3 Å². The topological polar surface area (TPSA) is 24.9 Å². The zero-order valence-corrected chi connectivity index (χ0v) is 8.93. The third-order valence-electron chi connectivity index (χ3n) is 2.37. The number of pyridine rings is 1. The van der Waals surface area contributed by atoms with Crippen LogP contribution in [0.2, 0.25) is 0 Å². The number of fused-ring (bicyclic) bond motifs is 1. The van der Waals surface area contributed by atoms with Crippen molar-refractivity contribution in [1.29, 1.82) is 0 Å². The first-order chi connectivity index (χ1) is 7.74. The van der Waals surface area contributed by atoms with Crippen molar-refractivity contribution in [3.8, 4) is 0 Å². The highest BCUT2D eigenvalue weighted by atomic mass is 19.1. The van der Waals surface area contributed by atoms with Crippen LogP contribution in [0, 0.1) is 11.6 Å². The molecule has 0 bridgehead atoms. The van der Waals surface area contributed by atoms with Crippen LogP contribution in [0.5, 0.6) is 0 Å². The van der Waals surface area contributed by atoms with Crippen LogP contribution < -0.4 is 5.32 Å². The summed E-state index contributed by atoms with van der Waals surface area (Å²) >= 11 is 0. The summed E-state index contributed by atoms with van der Waals surface area (Å²) in [7, 11) is 0. The summed E-state index contributed by atoms with van der Waals surface area (Å²) in [6.45, 7) is 2.68. The Bertz CT molecular complexity index is 512. The van der Waals surface area contributed by atoms with Gasteiger partial charge in [0.15, 0.2) is 0 Å². The number of halogens is 2. The molecule has 0 saturated carbocycles. The van der Waals surface area contributed by atoms with E-state index in [-0.39, 0.29) is 10.8 Å². The van der Waals surface area contributed by atoms with E-state index in [1.54, 1.807) is 0 Å². The SMILES string of the molecule is CCCNc1nccc2c(F)ccc(F)c12. The lowest BCUT2D eigenvalue weighted by atomic mass is 10.1. The molecule has 1 aromatic heterocycles. The molecule has 0 spiro atoms. The number of hydrogen-bond acceptors (Lipinski definition) is 2. The maximum Gasteiger partial charge on any atom is 0.136 e. The smallest absolute Gasteiger partial charge is 0.136 e. The second-order valence-electron chi connectivity index (χ2n) is 3.54. The van der Waals surface area contributed by atoms with Crippen molar-refractivity contribution in [1.82, 2.24) is 4.98 Å². The Morgan fingerprint density at radius 2 is 1.94 bits per heavy atom. The maximum absolute atomic E-state index is 13.6. The molecular weight excluding hydrogens is 210 g/mol. The zero-order valence-electron chi connectivity index (χ0n) is 8.93. The van der Waals surface area contributed by atoms with E-state index in [0.717, 1.165) is 18.6 Å². The summed E-state index contributed by atoms with van der Waals surface area (Å²) < 4.78 is 27.1. The molecule has 4 heteroatoms. The molecule has 16 heavy (non-hydrogen) atoms. The first kappa shape index (κ1) is 10.8. The van der Waals surface area contributed by atoms with Crippen molar-refractivity contribution in [3.05, 3.63) is 36.0 Å². The number of benzene rings is 1. The van der Waals surface area contributed by atoms with Crippen LogP contribution in [0.3, 0.4) is 0 Å². The fourth-order valence-electron chi connectivity index (χ4n) is 1.60. The van der Waals surface area contributed by atoms with Crippen molar-refractivity contribution in [2.75, 3.05) is 11.9 Å². The molecule has 1 aromatic carbocycles. The van der Waals surface area contributed by atoms with E-state index in [0.29, 0.717) is 12.4 Å². The number of hydrogen-bond donors (Lipinski definition) is 1. The fraction of sp³-hybridized carbons (Fsp3) is 0.250. The lowest BCUT2D eigenvalue weighted by Crippen LogP contribution is -2.03. The molecule has 0 saturated heterocycles. The molecule has 0 amide bonds. The molecule has 2 aromatic rings. The molecular formula is C12H12F2N2. The molecule has 0 atom stereocenters. The van der Waals surface area contributed by atoms with Gasteiger partial charge in [-0.05, 0) is 24.6 Å². The van der Waals surface area contributed by atoms with E-state index in [4.69, 9.17) is 0 Å². The van der Waals surface area contributed by atoms with Crippen LogP contribution in [0.1, 0.15) is 13.3 Å². The van der Waals surface area contributed by atoms with Gasteiger partial charge >= 0.3 is 0 Å². The largest absolute Gasteiger partial charge is 0.369 e. The Kier molecular flexibility index (Phi) is 2.99. The first-order valence-corrected chi connectivity index (χ1v) is 5.20. The monoisotopic (exact) mass is 222 g/mol. The molecule has 0 radical (unpaired) electrons. The van der Waals surface area contributed by atoms with Gasteiger partial charge in [-0.25, -0.2) is 13.8 Å². The summed E-state index contributed by atoms with van der Waals surface area (Å²) in [6, 6.07) is 3.72. The highest BCUT2D eigenvalue weighted by Gasteiger charge is 2.10. The van der Waals surface area contributed by atoms with Gasteiger partial charge in [0.25, 0.3) is 0 Å². The van der Waals surface area contributed by atoms with Crippen LogP contribution in [0.15, 0.2) is 24.4 Å². The molecule has 1 N–H and O–H groups in total. The third-order valence-corrected chi connectivity index (χ3v) is 2.37. The summed E-state index contributed by atoms with van der Waals surface area (Å²) in [5, 5.41) is 3.46. The molecule has 84 valence electrons. The molecule has 0 aliphatic heterocycles. The Morgan fingerprint density at radius 3 is 2.69 bits per heavy atom. The molecule has 0 aliphatic carbocycles. The summed E-state index contributed by atoms with van der Waals surface area (Å²) in [6.07, 6.45) is 2.37. The second-order valence-corrected chi connectivity index (χ2v) is 3.54. The van der Waals surface area contributed by atoms with E-state index >= 15 is 0 Å². The maximum atomic E-state index is 13.6. The Hall–Kier alpha value is -1.71. The normalized spacial score (nSPS) is 10.7. The van der Waals surface area contributed by atoms with Gasteiger partial charge in [0.1, 0.15) is 17.5 Å². The van der Waals surface area contributed by atoms with E-state index in [1.807, 2.05) is 6.92 Å². The summed E-state index contributed by atoms with van der Waals surface area (Å²) in [5.74, 6) is -0.488. The van der Waals surface area contributed by atoms with Crippen LogP contribution in [-0.4, -0.2) is 11.5 Å². The molecule has 2 rings (SSSR count). The highest BCUT2D eigenvalue weighted by molar-refractivity contribution is 5.92. The minimum Gasteiger partial charge on any atom is -0.369 e. The molecule has 0 aliphatic rings. The quantitative estimate of drug-likeness (QED) is 0.861. The Morgan fingerprint density at radius 1 is 1.19 bits per heavy atom. The van der Waals surface area contributed by atoms with Gasteiger partial charge in [-0.2, -0.15) is 0 Å². The van der Waals surface area contributed by atoms with Gasteiger partial charge in [-0.3, -0.25) is 0 Å². The number of nitrogens with zero attached hydrogens (tertiary/aromatic N) is 1. The number of anilines is 1. The predicted molar refractivity (Wildman–Crippen MR) is 60.4 cm³/mol. The molecule has 0 unspecified atom stereocenters. The fourth-order valence-corrected chi connectivity index (χ4v) is 1.60. The van der Waals surface area contributed by atoms with Gasteiger partial charge in [0.05, 0.1) is 5.39 Å². The number of aromatic nitrogens is 1. The lowest BCUT2D eigenvalue weighted by molar-refractivity contribution is 0.617. The van der Waals surface area contributed by atoms with E-state index < -0.39 is 11.6 Å². The van der Waals surface area contributed by atoms with Gasteiger partial charge in [-0.15, -0.1) is 0 Å². The third kappa shape index (κ3) is 1.83. The van der Waals surface area contributed by atoms with Gasteiger partial charge in [0, 0.05) is 18.1 Å². The van der Waals surface area contributed by atoms with Crippen molar-refractivity contribution in [3.63, 3.8) is 0 Å². The first-order valence-electron chi connectivity index (χ1n) is 5.20. The average Bonchev–Trinajstić information content (AvgIpc) is 2.31. The number of nitrogens with one attached hydrogen (secondary N) is 1. The van der Waals surface area contributed by atoms with Crippen molar-refractivity contribution >= 4 is 16.6 Å². The molecule has 0 fully saturated rings. The standard InChI is InChI=1S/C12H12F2N2/c1-2-6-15-12-11-8(5-7-16-12)9(13)3-4-10(11)14/h3-5,7H,2,6H2,1H3,(H,15,16). The lowest BCUT2D eigenvalue weighted by Gasteiger charge is -2.08. The van der Waals surface area contributed by atoms with Crippen molar-refractivity contribution in [2.24, 2.45) is 0 Å². The van der Waals surface area contributed by atoms with Gasteiger partial charge in [0.2, 0.25) is 0 Å². The minimum absolute atomic E-state index is 0.218. The zero-order chi connectivity index (χ0) is 11.5. The Labute approximate surface area is 92.3 Å². The van der Waals surface area contributed by atoms with Crippen LogP contribution in [0.25, 0.3) is 10.8 Å². The average molecular weight is 222 g/mol. The van der Waals surface area contributed by atoms with Crippen molar-refractivity contribution < 1.29 is 8.78 Å². The summed E-state index contributed by atoms with van der Waals surface area (Å²) in [4.78, 5) is 4.03. The Balaban J connectivity index is 2.61. The second kappa shape index (κ2) is 4.43.